The van der Waals surface area contributed by atoms with E-state index in [1.165, 1.54) is 0 Å². The summed E-state index contributed by atoms with van der Waals surface area (Å²) in [6, 6.07) is 6.78. The first-order valence-electron chi connectivity index (χ1n) is 6.63. The molecule has 1 atom stereocenters. The van der Waals surface area contributed by atoms with Crippen LogP contribution in [0.1, 0.15) is 6.42 Å². The molecule has 1 aliphatic heterocycles. The number of halogens is 3. The topological polar surface area (TPSA) is 44.4 Å². The second kappa shape index (κ2) is 5.55. The summed E-state index contributed by atoms with van der Waals surface area (Å²) in [7, 11) is 3.53. The molecule has 0 spiro atoms. The predicted octanol–water partition coefficient (Wildman–Crippen LogP) is 2.23. The lowest BCUT2D eigenvalue weighted by molar-refractivity contribution is -0.213. The first-order chi connectivity index (χ1) is 9.78. The number of nitrogens with one attached hydrogen (secondary N) is 2. The van der Waals surface area contributed by atoms with Gasteiger partial charge in [-0.2, -0.15) is 13.2 Å². The maximum absolute atomic E-state index is 13.3. The van der Waals surface area contributed by atoms with Gasteiger partial charge in [0.15, 0.2) is 5.41 Å². The molecule has 21 heavy (non-hydrogen) atoms. The molecule has 0 saturated carbocycles. The Morgan fingerprint density at radius 2 is 2.00 bits per heavy atom. The van der Waals surface area contributed by atoms with Crippen LogP contribution in [0.5, 0.6) is 0 Å². The van der Waals surface area contributed by atoms with Crippen molar-refractivity contribution in [2.24, 2.45) is 5.41 Å². The summed E-state index contributed by atoms with van der Waals surface area (Å²) in [4.78, 5) is 14.0. The summed E-state index contributed by atoms with van der Waals surface area (Å²) in [5, 5.41) is 5.07. The number of anilines is 2. The lowest BCUT2D eigenvalue weighted by Crippen LogP contribution is -2.49. The van der Waals surface area contributed by atoms with Crippen molar-refractivity contribution in [3.63, 3.8) is 0 Å². The number of amides is 1. The number of benzene rings is 1. The third-order valence-corrected chi connectivity index (χ3v) is 3.77. The van der Waals surface area contributed by atoms with Crippen molar-refractivity contribution in [3.05, 3.63) is 24.3 Å². The van der Waals surface area contributed by atoms with Crippen molar-refractivity contribution in [2.45, 2.75) is 12.6 Å². The Kier molecular flexibility index (Phi) is 4.13. The van der Waals surface area contributed by atoms with E-state index in [1.54, 1.807) is 43.3 Å². The third-order valence-electron chi connectivity index (χ3n) is 3.77. The molecule has 116 valence electrons. The number of hydrogen-bond donors (Lipinski definition) is 2. The normalized spacial score (nSPS) is 22.1. The highest BCUT2D eigenvalue weighted by molar-refractivity contribution is 5.99. The average Bonchev–Trinajstić information content (AvgIpc) is 2.89. The minimum Gasteiger partial charge on any atom is -0.376 e. The molecule has 2 N–H and O–H groups in total. The SMILES string of the molecule is CN(C)c1ccccc1NC(=O)C1(C(F)(F)F)CCNC1. The standard InChI is InChI=1S/C14H18F3N3O/c1-20(2)11-6-4-3-5-10(11)19-12(21)13(14(15,16)17)7-8-18-9-13/h3-6,18H,7-9H2,1-2H3,(H,19,21). The molecule has 0 bridgehead atoms. The molecule has 1 aromatic carbocycles. The van der Waals surface area contributed by atoms with Crippen LogP contribution in [0.15, 0.2) is 24.3 Å². The Morgan fingerprint density at radius 3 is 2.52 bits per heavy atom. The maximum Gasteiger partial charge on any atom is 0.404 e. The molecule has 0 radical (unpaired) electrons. The van der Waals surface area contributed by atoms with E-state index in [0.29, 0.717) is 11.4 Å². The van der Waals surface area contributed by atoms with Crippen LogP contribution >= 0.6 is 0 Å². The number of alkyl halides is 3. The van der Waals surface area contributed by atoms with E-state index in [-0.39, 0.29) is 19.5 Å². The van der Waals surface area contributed by atoms with Gasteiger partial charge in [0, 0.05) is 20.6 Å². The maximum atomic E-state index is 13.3. The molecular formula is C14H18F3N3O. The quantitative estimate of drug-likeness (QED) is 0.900. The van der Waals surface area contributed by atoms with Gasteiger partial charge in [-0.1, -0.05) is 12.1 Å². The van der Waals surface area contributed by atoms with Crippen molar-refractivity contribution in [1.29, 1.82) is 0 Å². The lowest BCUT2D eigenvalue weighted by Gasteiger charge is -2.30. The number of nitrogens with zero attached hydrogens (tertiary/aromatic N) is 1. The highest BCUT2D eigenvalue weighted by atomic mass is 19.4. The summed E-state index contributed by atoms with van der Waals surface area (Å²) in [6.07, 6.45) is -4.82. The molecule has 1 unspecified atom stereocenters. The van der Waals surface area contributed by atoms with E-state index >= 15 is 0 Å². The zero-order chi connectivity index (χ0) is 15.7. The van der Waals surface area contributed by atoms with Gasteiger partial charge in [0.1, 0.15) is 0 Å². The Labute approximate surface area is 121 Å². The summed E-state index contributed by atoms with van der Waals surface area (Å²) < 4.78 is 40.0. The first kappa shape index (κ1) is 15.6. The van der Waals surface area contributed by atoms with Gasteiger partial charge in [0.2, 0.25) is 5.91 Å². The minimum absolute atomic E-state index is 0.183. The van der Waals surface area contributed by atoms with Crippen molar-refractivity contribution in [2.75, 3.05) is 37.4 Å². The second-order valence-electron chi connectivity index (χ2n) is 5.37. The minimum atomic E-state index is -4.58. The van der Waals surface area contributed by atoms with Crippen molar-refractivity contribution in [1.82, 2.24) is 5.32 Å². The molecule has 1 saturated heterocycles. The Bertz CT molecular complexity index is 522. The van der Waals surface area contributed by atoms with Crippen LogP contribution < -0.4 is 15.5 Å². The summed E-state index contributed by atoms with van der Waals surface area (Å²) in [6.45, 7) is -0.200. The lowest BCUT2D eigenvalue weighted by atomic mass is 9.85. The van der Waals surface area contributed by atoms with Crippen LogP contribution in [0.3, 0.4) is 0 Å². The molecule has 7 heteroatoms. The van der Waals surface area contributed by atoms with Gasteiger partial charge in [-0.15, -0.1) is 0 Å². The van der Waals surface area contributed by atoms with Crippen LogP contribution in [0.4, 0.5) is 24.5 Å². The van der Waals surface area contributed by atoms with Gasteiger partial charge in [-0.3, -0.25) is 4.79 Å². The molecule has 1 fully saturated rings. The van der Waals surface area contributed by atoms with Crippen LogP contribution in [0, 0.1) is 5.41 Å². The number of para-hydroxylation sites is 2. The van der Waals surface area contributed by atoms with E-state index in [2.05, 4.69) is 10.6 Å². The number of rotatable bonds is 3. The second-order valence-corrected chi connectivity index (χ2v) is 5.37. The van der Waals surface area contributed by atoms with E-state index in [0.717, 1.165) is 0 Å². The van der Waals surface area contributed by atoms with Crippen molar-refractivity contribution < 1.29 is 18.0 Å². The fourth-order valence-corrected chi connectivity index (χ4v) is 2.47. The number of carbonyl (C=O) groups is 1. The number of hydrogen-bond acceptors (Lipinski definition) is 3. The molecule has 0 aliphatic carbocycles. The zero-order valence-corrected chi connectivity index (χ0v) is 11.9. The highest BCUT2D eigenvalue weighted by Crippen LogP contribution is 2.44. The fraction of sp³-hybridized carbons (Fsp3) is 0.500. The molecular weight excluding hydrogens is 283 g/mol. The molecule has 1 heterocycles. The Balaban J connectivity index is 2.29. The predicted molar refractivity (Wildman–Crippen MR) is 75.4 cm³/mol. The highest BCUT2D eigenvalue weighted by Gasteiger charge is 2.61. The Hall–Kier alpha value is -1.76. The van der Waals surface area contributed by atoms with Crippen LogP contribution in [0.25, 0.3) is 0 Å². The van der Waals surface area contributed by atoms with E-state index < -0.39 is 17.5 Å². The molecule has 1 aliphatic rings. The zero-order valence-electron chi connectivity index (χ0n) is 11.9. The molecule has 4 nitrogen and oxygen atoms in total. The summed E-state index contributed by atoms with van der Waals surface area (Å²) in [5.41, 5.74) is -1.32. The number of carbonyl (C=O) groups excluding carboxylic acids is 1. The van der Waals surface area contributed by atoms with Gasteiger partial charge in [-0.05, 0) is 25.1 Å². The van der Waals surface area contributed by atoms with Gasteiger partial charge in [0.25, 0.3) is 0 Å². The van der Waals surface area contributed by atoms with E-state index in [9.17, 15) is 18.0 Å². The Morgan fingerprint density at radius 1 is 1.33 bits per heavy atom. The van der Waals surface area contributed by atoms with E-state index in [1.807, 2.05) is 0 Å². The average molecular weight is 301 g/mol. The summed E-state index contributed by atoms with van der Waals surface area (Å²) in [5.74, 6) is -1.01. The van der Waals surface area contributed by atoms with Crippen molar-refractivity contribution in [3.8, 4) is 0 Å². The van der Waals surface area contributed by atoms with Crippen LogP contribution in [-0.2, 0) is 4.79 Å². The third kappa shape index (κ3) is 2.83. The van der Waals surface area contributed by atoms with E-state index in [4.69, 9.17) is 0 Å². The van der Waals surface area contributed by atoms with Gasteiger partial charge >= 0.3 is 6.18 Å². The van der Waals surface area contributed by atoms with Crippen LogP contribution in [0.2, 0.25) is 0 Å². The molecule has 1 aromatic rings. The fourth-order valence-electron chi connectivity index (χ4n) is 2.47. The molecule has 2 rings (SSSR count). The summed E-state index contributed by atoms with van der Waals surface area (Å²) >= 11 is 0. The smallest absolute Gasteiger partial charge is 0.376 e. The van der Waals surface area contributed by atoms with Crippen LogP contribution in [-0.4, -0.2) is 39.3 Å². The largest absolute Gasteiger partial charge is 0.404 e. The monoisotopic (exact) mass is 301 g/mol. The molecule has 0 aromatic heterocycles. The molecule has 1 amide bonds. The van der Waals surface area contributed by atoms with Gasteiger partial charge in [-0.25, -0.2) is 0 Å². The first-order valence-corrected chi connectivity index (χ1v) is 6.63. The van der Waals surface area contributed by atoms with Crippen molar-refractivity contribution >= 4 is 17.3 Å². The van der Waals surface area contributed by atoms with Gasteiger partial charge in [0.05, 0.1) is 11.4 Å². The van der Waals surface area contributed by atoms with Gasteiger partial charge < -0.3 is 15.5 Å².